The summed E-state index contributed by atoms with van der Waals surface area (Å²) in [6.07, 6.45) is 0.881. The van der Waals surface area contributed by atoms with Crippen LogP contribution >= 0.6 is 0 Å². The third kappa shape index (κ3) is 3.17. The minimum atomic E-state index is 0.236. The number of likely N-dealkylation sites (N-methyl/N-ethyl adjacent to an activating group) is 1. The number of benzene rings is 1. The number of nitrogens with zero attached hydrogens (tertiary/aromatic N) is 1. The van der Waals surface area contributed by atoms with Crippen LogP contribution in [0.25, 0.3) is 0 Å². The molecule has 1 aromatic carbocycles. The van der Waals surface area contributed by atoms with E-state index in [4.69, 9.17) is 4.74 Å². The topological polar surface area (TPSA) is 34.1 Å². The van der Waals surface area contributed by atoms with Crippen molar-refractivity contribution in [3.05, 3.63) is 58.9 Å². The molecule has 1 N–H and O–H groups in total. The van der Waals surface area contributed by atoms with Crippen molar-refractivity contribution in [1.82, 2.24) is 10.3 Å². The summed E-state index contributed by atoms with van der Waals surface area (Å²) in [5, 5.41) is 3.38. The Kier molecular flexibility index (Phi) is 4.74. The van der Waals surface area contributed by atoms with Gasteiger partial charge in [-0.2, -0.15) is 0 Å². The highest BCUT2D eigenvalue weighted by Gasteiger charge is 2.15. The molecule has 2 rings (SSSR count). The molecule has 1 aromatic heterocycles. The minimum Gasteiger partial charge on any atom is -0.496 e. The third-order valence-electron chi connectivity index (χ3n) is 3.61. The van der Waals surface area contributed by atoms with Gasteiger partial charge in [0.15, 0.2) is 0 Å². The molecule has 1 unspecified atom stereocenters. The van der Waals surface area contributed by atoms with Gasteiger partial charge in [0, 0.05) is 17.4 Å². The normalized spacial score (nSPS) is 12.2. The maximum atomic E-state index is 5.43. The molecular weight excluding hydrogens is 248 g/mol. The van der Waals surface area contributed by atoms with Crippen molar-refractivity contribution in [2.24, 2.45) is 0 Å². The zero-order valence-corrected chi connectivity index (χ0v) is 12.6. The second-order valence-corrected chi connectivity index (χ2v) is 4.98. The van der Waals surface area contributed by atoms with Gasteiger partial charge in [0.1, 0.15) is 5.75 Å². The lowest BCUT2D eigenvalue weighted by Gasteiger charge is -2.20. The maximum absolute atomic E-state index is 5.43. The van der Waals surface area contributed by atoms with E-state index in [2.05, 4.69) is 35.4 Å². The van der Waals surface area contributed by atoms with Crippen molar-refractivity contribution < 1.29 is 4.74 Å². The van der Waals surface area contributed by atoms with Gasteiger partial charge in [0.25, 0.3) is 0 Å². The first-order chi connectivity index (χ1) is 9.65. The Morgan fingerprint density at radius 3 is 2.55 bits per heavy atom. The van der Waals surface area contributed by atoms with Gasteiger partial charge in [-0.1, -0.05) is 24.3 Å². The van der Waals surface area contributed by atoms with Crippen LogP contribution in [-0.2, 0) is 6.42 Å². The van der Waals surface area contributed by atoms with Crippen LogP contribution in [-0.4, -0.2) is 19.1 Å². The van der Waals surface area contributed by atoms with Gasteiger partial charge in [0.2, 0.25) is 0 Å². The van der Waals surface area contributed by atoms with Crippen LogP contribution < -0.4 is 10.1 Å². The molecule has 0 saturated heterocycles. The highest BCUT2D eigenvalue weighted by atomic mass is 16.5. The monoisotopic (exact) mass is 270 g/mol. The Bertz CT molecular complexity index is 581. The maximum Gasteiger partial charge on any atom is 0.122 e. The lowest BCUT2D eigenvalue weighted by atomic mass is 9.97. The first-order valence-corrected chi connectivity index (χ1v) is 6.89. The number of hydrogen-bond donors (Lipinski definition) is 1. The number of para-hydroxylation sites is 1. The van der Waals surface area contributed by atoms with Crippen LogP contribution in [0.2, 0.25) is 0 Å². The molecule has 1 heterocycles. The number of aryl methyl sites for hydroxylation is 2. The summed E-state index contributed by atoms with van der Waals surface area (Å²) in [7, 11) is 3.70. The van der Waals surface area contributed by atoms with E-state index in [0.717, 1.165) is 23.6 Å². The summed E-state index contributed by atoms with van der Waals surface area (Å²) < 4.78 is 5.43. The predicted octanol–water partition coefficient (Wildman–Crippen LogP) is 3.21. The number of aromatic nitrogens is 1. The standard InChI is InChI=1S/C17H22N2O/c1-12-9-10-15(13(2)19-12)16(18-3)11-14-7-5-6-8-17(14)20-4/h5-10,16,18H,11H2,1-4H3. The summed E-state index contributed by atoms with van der Waals surface area (Å²) in [6.45, 7) is 4.08. The van der Waals surface area contributed by atoms with Gasteiger partial charge in [0.05, 0.1) is 7.11 Å². The summed E-state index contributed by atoms with van der Waals surface area (Å²) in [6, 6.07) is 12.6. The average Bonchev–Trinajstić information content (AvgIpc) is 2.46. The van der Waals surface area contributed by atoms with E-state index in [1.54, 1.807) is 7.11 Å². The molecule has 0 aliphatic heterocycles. The molecule has 0 amide bonds. The van der Waals surface area contributed by atoms with E-state index in [-0.39, 0.29) is 6.04 Å². The summed E-state index contributed by atoms with van der Waals surface area (Å²) in [5.41, 5.74) is 4.58. The van der Waals surface area contributed by atoms with E-state index in [0.29, 0.717) is 0 Å². The molecular formula is C17H22N2O. The lowest BCUT2D eigenvalue weighted by Crippen LogP contribution is -2.20. The molecule has 0 spiro atoms. The minimum absolute atomic E-state index is 0.236. The molecule has 2 aromatic rings. The number of ether oxygens (including phenoxy) is 1. The van der Waals surface area contributed by atoms with Crippen LogP contribution in [0.3, 0.4) is 0 Å². The highest BCUT2D eigenvalue weighted by molar-refractivity contribution is 5.36. The Morgan fingerprint density at radius 2 is 1.90 bits per heavy atom. The number of hydrogen-bond acceptors (Lipinski definition) is 3. The molecule has 0 radical (unpaired) electrons. The Balaban J connectivity index is 2.29. The van der Waals surface area contributed by atoms with E-state index in [1.165, 1.54) is 11.1 Å². The van der Waals surface area contributed by atoms with Gasteiger partial charge in [-0.3, -0.25) is 4.98 Å². The fraction of sp³-hybridized carbons (Fsp3) is 0.353. The molecule has 0 bridgehead atoms. The van der Waals surface area contributed by atoms with Crippen LogP contribution in [0.5, 0.6) is 5.75 Å². The quantitative estimate of drug-likeness (QED) is 0.906. The van der Waals surface area contributed by atoms with Gasteiger partial charge >= 0.3 is 0 Å². The molecule has 20 heavy (non-hydrogen) atoms. The number of pyridine rings is 1. The smallest absolute Gasteiger partial charge is 0.122 e. The molecule has 106 valence electrons. The molecule has 3 heteroatoms. The Hall–Kier alpha value is -1.87. The molecule has 1 atom stereocenters. The lowest BCUT2D eigenvalue weighted by molar-refractivity contribution is 0.406. The van der Waals surface area contributed by atoms with E-state index < -0.39 is 0 Å². The van der Waals surface area contributed by atoms with Gasteiger partial charge in [-0.15, -0.1) is 0 Å². The van der Waals surface area contributed by atoms with Crippen molar-refractivity contribution in [1.29, 1.82) is 0 Å². The van der Waals surface area contributed by atoms with Crippen LogP contribution in [0, 0.1) is 13.8 Å². The predicted molar refractivity (Wildman–Crippen MR) is 82.2 cm³/mol. The van der Waals surface area contributed by atoms with Crippen molar-refractivity contribution in [3.63, 3.8) is 0 Å². The van der Waals surface area contributed by atoms with Crippen molar-refractivity contribution >= 4 is 0 Å². The van der Waals surface area contributed by atoms with Crippen molar-refractivity contribution in [2.75, 3.05) is 14.2 Å². The summed E-state index contributed by atoms with van der Waals surface area (Å²) >= 11 is 0. The zero-order chi connectivity index (χ0) is 14.5. The van der Waals surface area contributed by atoms with E-state index in [9.17, 15) is 0 Å². The fourth-order valence-corrected chi connectivity index (χ4v) is 2.52. The molecule has 0 aliphatic carbocycles. The molecule has 0 fully saturated rings. The molecule has 0 saturated carbocycles. The van der Waals surface area contributed by atoms with Crippen molar-refractivity contribution in [3.8, 4) is 5.75 Å². The SMILES string of the molecule is CNC(Cc1ccccc1OC)c1ccc(C)nc1C. The second kappa shape index (κ2) is 6.53. The highest BCUT2D eigenvalue weighted by Crippen LogP contribution is 2.26. The third-order valence-corrected chi connectivity index (χ3v) is 3.61. The number of methoxy groups -OCH3 is 1. The van der Waals surface area contributed by atoms with Crippen molar-refractivity contribution in [2.45, 2.75) is 26.3 Å². The largest absolute Gasteiger partial charge is 0.496 e. The first-order valence-electron chi connectivity index (χ1n) is 6.89. The Labute approximate surface area is 121 Å². The fourth-order valence-electron chi connectivity index (χ4n) is 2.52. The van der Waals surface area contributed by atoms with E-state index >= 15 is 0 Å². The summed E-state index contributed by atoms with van der Waals surface area (Å²) in [5.74, 6) is 0.936. The number of nitrogens with one attached hydrogen (secondary N) is 1. The van der Waals surface area contributed by atoms with Crippen LogP contribution in [0.15, 0.2) is 36.4 Å². The van der Waals surface area contributed by atoms with Crippen LogP contribution in [0.4, 0.5) is 0 Å². The van der Waals surface area contributed by atoms with Gasteiger partial charge in [-0.05, 0) is 50.6 Å². The average molecular weight is 270 g/mol. The van der Waals surface area contributed by atoms with Gasteiger partial charge < -0.3 is 10.1 Å². The Morgan fingerprint density at radius 1 is 1.15 bits per heavy atom. The molecule has 3 nitrogen and oxygen atoms in total. The van der Waals surface area contributed by atoms with E-state index in [1.807, 2.05) is 32.2 Å². The summed E-state index contributed by atoms with van der Waals surface area (Å²) in [4.78, 5) is 4.56. The second-order valence-electron chi connectivity index (χ2n) is 4.98. The molecule has 0 aliphatic rings. The van der Waals surface area contributed by atoms with Crippen LogP contribution in [0.1, 0.15) is 28.6 Å². The zero-order valence-electron chi connectivity index (χ0n) is 12.6. The first kappa shape index (κ1) is 14.5. The number of rotatable bonds is 5. The van der Waals surface area contributed by atoms with Gasteiger partial charge in [-0.25, -0.2) is 0 Å².